The number of nitrogens with one attached hydrogen (secondary N) is 2. The average molecular weight is 318 g/mol. The third-order valence-electron chi connectivity index (χ3n) is 4.31. The number of carbonyl (C=O) groups is 2. The summed E-state index contributed by atoms with van der Waals surface area (Å²) in [6.07, 6.45) is 5.07. The lowest BCUT2D eigenvalue weighted by Crippen LogP contribution is -2.49. The third-order valence-corrected chi connectivity index (χ3v) is 4.31. The standard InChI is InChI=1S/C18H26N2O3/c1-3-15(23-16-12-8-7-9-13(16)2)18(22)20-19-17(21)14-10-5-4-6-11-14/h7-9,12,14-15H,3-6,10-11H2,1-2H3,(H,19,21)(H,20,22). The van der Waals surface area contributed by atoms with Crippen LogP contribution in [0.2, 0.25) is 0 Å². The van der Waals surface area contributed by atoms with Gasteiger partial charge in [0, 0.05) is 5.92 Å². The van der Waals surface area contributed by atoms with Crippen molar-refractivity contribution in [3.8, 4) is 5.75 Å². The number of hydrazine groups is 1. The van der Waals surface area contributed by atoms with E-state index < -0.39 is 6.10 Å². The minimum Gasteiger partial charge on any atom is -0.480 e. The maximum absolute atomic E-state index is 12.2. The zero-order valence-electron chi connectivity index (χ0n) is 13.9. The number of hydrogen-bond donors (Lipinski definition) is 2. The van der Waals surface area contributed by atoms with Gasteiger partial charge in [-0.15, -0.1) is 0 Å². The number of amides is 2. The Kier molecular flexibility index (Phi) is 6.44. The summed E-state index contributed by atoms with van der Waals surface area (Å²) in [7, 11) is 0. The van der Waals surface area contributed by atoms with E-state index in [1.54, 1.807) is 0 Å². The largest absolute Gasteiger partial charge is 0.480 e. The highest BCUT2D eigenvalue weighted by molar-refractivity contribution is 5.85. The Morgan fingerprint density at radius 3 is 2.52 bits per heavy atom. The molecule has 0 radical (unpaired) electrons. The van der Waals surface area contributed by atoms with Crippen molar-refractivity contribution in [2.24, 2.45) is 5.92 Å². The zero-order chi connectivity index (χ0) is 16.7. The van der Waals surface area contributed by atoms with Crippen LogP contribution in [0.3, 0.4) is 0 Å². The first-order valence-electron chi connectivity index (χ1n) is 8.43. The van der Waals surface area contributed by atoms with Crippen LogP contribution in [0, 0.1) is 12.8 Å². The van der Waals surface area contributed by atoms with Gasteiger partial charge in [0.05, 0.1) is 0 Å². The molecule has 5 nitrogen and oxygen atoms in total. The second kappa shape index (κ2) is 8.56. The van der Waals surface area contributed by atoms with Gasteiger partial charge in [-0.3, -0.25) is 20.4 Å². The second-order valence-electron chi connectivity index (χ2n) is 6.09. The molecule has 0 saturated heterocycles. The van der Waals surface area contributed by atoms with Crippen molar-refractivity contribution in [2.45, 2.75) is 58.5 Å². The molecule has 1 aliphatic carbocycles. The quantitative estimate of drug-likeness (QED) is 0.820. The monoisotopic (exact) mass is 318 g/mol. The number of para-hydroxylation sites is 1. The molecule has 1 atom stereocenters. The van der Waals surface area contributed by atoms with Crippen molar-refractivity contribution >= 4 is 11.8 Å². The van der Waals surface area contributed by atoms with E-state index in [0.29, 0.717) is 12.2 Å². The Morgan fingerprint density at radius 2 is 1.87 bits per heavy atom. The molecule has 2 rings (SSSR count). The summed E-state index contributed by atoms with van der Waals surface area (Å²) in [5.74, 6) is 0.290. The van der Waals surface area contributed by atoms with Gasteiger partial charge in [0.25, 0.3) is 5.91 Å². The summed E-state index contributed by atoms with van der Waals surface area (Å²) < 4.78 is 5.77. The third kappa shape index (κ3) is 4.98. The molecule has 5 heteroatoms. The Bertz CT molecular complexity index is 539. The number of carbonyl (C=O) groups excluding carboxylic acids is 2. The molecule has 1 aromatic carbocycles. The molecule has 0 spiro atoms. The Balaban J connectivity index is 1.85. The smallest absolute Gasteiger partial charge is 0.279 e. The van der Waals surface area contributed by atoms with Gasteiger partial charge in [-0.2, -0.15) is 0 Å². The zero-order valence-corrected chi connectivity index (χ0v) is 13.9. The Hall–Kier alpha value is -2.04. The van der Waals surface area contributed by atoms with Crippen LogP contribution >= 0.6 is 0 Å². The molecule has 0 bridgehead atoms. The number of benzene rings is 1. The van der Waals surface area contributed by atoms with Gasteiger partial charge in [-0.1, -0.05) is 44.4 Å². The van der Waals surface area contributed by atoms with E-state index in [1.807, 2.05) is 38.1 Å². The minimum atomic E-state index is -0.622. The lowest BCUT2D eigenvalue weighted by molar-refractivity contribution is -0.135. The fourth-order valence-electron chi connectivity index (χ4n) is 2.83. The van der Waals surface area contributed by atoms with E-state index in [9.17, 15) is 9.59 Å². The molecule has 0 aliphatic heterocycles. The molecule has 23 heavy (non-hydrogen) atoms. The van der Waals surface area contributed by atoms with Crippen LogP contribution in [0.25, 0.3) is 0 Å². The highest BCUT2D eigenvalue weighted by Crippen LogP contribution is 2.23. The minimum absolute atomic E-state index is 0.0152. The highest BCUT2D eigenvalue weighted by Gasteiger charge is 2.23. The van der Waals surface area contributed by atoms with E-state index in [0.717, 1.165) is 31.2 Å². The maximum atomic E-state index is 12.2. The SMILES string of the molecule is CCC(Oc1ccccc1C)C(=O)NNC(=O)C1CCCCC1. The molecule has 1 aromatic rings. The fourth-order valence-corrected chi connectivity index (χ4v) is 2.83. The average Bonchev–Trinajstić information content (AvgIpc) is 2.59. The molecule has 2 N–H and O–H groups in total. The molecule has 1 aliphatic rings. The highest BCUT2D eigenvalue weighted by atomic mass is 16.5. The van der Waals surface area contributed by atoms with Crippen LogP contribution in [0.4, 0.5) is 0 Å². The molecule has 126 valence electrons. The van der Waals surface area contributed by atoms with Crippen LogP contribution in [0.1, 0.15) is 51.0 Å². The molecular formula is C18H26N2O3. The summed E-state index contributed by atoms with van der Waals surface area (Å²) in [6, 6.07) is 7.57. The van der Waals surface area contributed by atoms with Gasteiger partial charge in [-0.05, 0) is 37.8 Å². The summed E-state index contributed by atoms with van der Waals surface area (Å²) in [5, 5.41) is 0. The van der Waals surface area contributed by atoms with Crippen molar-refractivity contribution in [1.82, 2.24) is 10.9 Å². The first-order valence-corrected chi connectivity index (χ1v) is 8.43. The summed E-state index contributed by atoms with van der Waals surface area (Å²) in [6.45, 7) is 3.82. The first-order chi connectivity index (χ1) is 11.1. The lowest BCUT2D eigenvalue weighted by Gasteiger charge is -2.22. The van der Waals surface area contributed by atoms with Crippen molar-refractivity contribution in [3.63, 3.8) is 0 Å². The molecule has 1 fully saturated rings. The van der Waals surface area contributed by atoms with Crippen LogP contribution in [0.15, 0.2) is 24.3 Å². The van der Waals surface area contributed by atoms with Gasteiger partial charge >= 0.3 is 0 Å². The van der Waals surface area contributed by atoms with Crippen LogP contribution < -0.4 is 15.6 Å². The van der Waals surface area contributed by atoms with Crippen molar-refractivity contribution in [2.75, 3.05) is 0 Å². The molecular weight excluding hydrogens is 292 g/mol. The maximum Gasteiger partial charge on any atom is 0.279 e. The predicted molar refractivity (Wildman–Crippen MR) is 88.7 cm³/mol. The van der Waals surface area contributed by atoms with E-state index in [-0.39, 0.29) is 17.7 Å². The first kappa shape index (κ1) is 17.3. The van der Waals surface area contributed by atoms with Crippen LogP contribution in [-0.4, -0.2) is 17.9 Å². The number of ether oxygens (including phenoxy) is 1. The van der Waals surface area contributed by atoms with E-state index in [2.05, 4.69) is 10.9 Å². The van der Waals surface area contributed by atoms with Crippen molar-refractivity contribution in [3.05, 3.63) is 29.8 Å². The van der Waals surface area contributed by atoms with E-state index >= 15 is 0 Å². The van der Waals surface area contributed by atoms with Crippen LogP contribution in [0.5, 0.6) is 5.75 Å². The molecule has 1 saturated carbocycles. The normalized spacial score (nSPS) is 16.4. The van der Waals surface area contributed by atoms with Gasteiger partial charge in [0.15, 0.2) is 6.10 Å². The topological polar surface area (TPSA) is 67.4 Å². The van der Waals surface area contributed by atoms with Crippen molar-refractivity contribution < 1.29 is 14.3 Å². The second-order valence-corrected chi connectivity index (χ2v) is 6.09. The predicted octanol–water partition coefficient (Wildman–Crippen LogP) is 2.88. The summed E-state index contributed by atoms with van der Waals surface area (Å²) in [5.41, 5.74) is 6.03. The summed E-state index contributed by atoms with van der Waals surface area (Å²) >= 11 is 0. The van der Waals surface area contributed by atoms with Crippen LogP contribution in [-0.2, 0) is 9.59 Å². The number of aryl methyl sites for hydroxylation is 1. The van der Waals surface area contributed by atoms with Gasteiger partial charge in [0.1, 0.15) is 5.75 Å². The molecule has 1 unspecified atom stereocenters. The van der Waals surface area contributed by atoms with Crippen molar-refractivity contribution in [1.29, 1.82) is 0 Å². The van der Waals surface area contributed by atoms with E-state index in [4.69, 9.17) is 4.74 Å². The number of rotatable bonds is 5. The van der Waals surface area contributed by atoms with Gasteiger partial charge in [0.2, 0.25) is 5.91 Å². The number of hydrogen-bond acceptors (Lipinski definition) is 3. The Labute approximate surface area is 137 Å². The summed E-state index contributed by atoms with van der Waals surface area (Å²) in [4.78, 5) is 24.3. The molecule has 0 aromatic heterocycles. The molecule has 0 heterocycles. The Morgan fingerprint density at radius 1 is 1.17 bits per heavy atom. The fraction of sp³-hybridized carbons (Fsp3) is 0.556. The van der Waals surface area contributed by atoms with E-state index in [1.165, 1.54) is 6.42 Å². The van der Waals surface area contributed by atoms with Gasteiger partial charge < -0.3 is 4.74 Å². The molecule has 2 amide bonds. The van der Waals surface area contributed by atoms with Gasteiger partial charge in [-0.25, -0.2) is 0 Å². The lowest BCUT2D eigenvalue weighted by atomic mass is 9.89.